The van der Waals surface area contributed by atoms with E-state index in [1.54, 1.807) is 19.5 Å². The highest BCUT2D eigenvalue weighted by molar-refractivity contribution is 5.89. The van der Waals surface area contributed by atoms with Crippen LogP contribution in [0.1, 0.15) is 23.4 Å². The van der Waals surface area contributed by atoms with E-state index >= 15 is 0 Å². The summed E-state index contributed by atoms with van der Waals surface area (Å²) in [5.41, 5.74) is 7.25. The summed E-state index contributed by atoms with van der Waals surface area (Å²) in [6, 6.07) is 5.66. The molecule has 0 saturated heterocycles. The molecule has 1 atom stereocenters. The molecule has 1 aliphatic rings. The average Bonchev–Trinajstić information content (AvgIpc) is 3.13. The SMILES string of the molecule is COc1cccc2c1CCC2(N)C(=O)NCc1ncc[nH]1. The van der Waals surface area contributed by atoms with E-state index in [1.807, 2.05) is 18.2 Å². The van der Waals surface area contributed by atoms with Gasteiger partial charge in [0.1, 0.15) is 17.1 Å². The van der Waals surface area contributed by atoms with Gasteiger partial charge in [0.15, 0.2) is 0 Å². The fourth-order valence-electron chi connectivity index (χ4n) is 2.84. The molecule has 4 N–H and O–H groups in total. The van der Waals surface area contributed by atoms with Gasteiger partial charge in [-0.05, 0) is 30.0 Å². The van der Waals surface area contributed by atoms with E-state index in [4.69, 9.17) is 10.5 Å². The second kappa shape index (κ2) is 5.21. The number of amides is 1. The topological polar surface area (TPSA) is 93.0 Å². The van der Waals surface area contributed by atoms with Crippen LogP contribution in [0.4, 0.5) is 0 Å². The first kappa shape index (κ1) is 13.6. The first-order valence-corrected chi connectivity index (χ1v) is 6.87. The normalized spacial score (nSPS) is 20.1. The zero-order chi connectivity index (χ0) is 14.9. The van der Waals surface area contributed by atoms with Crippen LogP contribution in [0.2, 0.25) is 0 Å². The third-order valence-electron chi connectivity index (χ3n) is 3.98. The minimum absolute atomic E-state index is 0.189. The van der Waals surface area contributed by atoms with Crippen LogP contribution < -0.4 is 15.8 Å². The van der Waals surface area contributed by atoms with E-state index in [-0.39, 0.29) is 5.91 Å². The van der Waals surface area contributed by atoms with E-state index in [0.717, 1.165) is 23.3 Å². The van der Waals surface area contributed by atoms with Crippen molar-refractivity contribution in [2.24, 2.45) is 5.73 Å². The Kier molecular flexibility index (Phi) is 3.39. The molecule has 1 aliphatic carbocycles. The fourth-order valence-corrected chi connectivity index (χ4v) is 2.84. The van der Waals surface area contributed by atoms with E-state index in [0.29, 0.717) is 18.8 Å². The monoisotopic (exact) mass is 286 g/mol. The van der Waals surface area contributed by atoms with Gasteiger partial charge in [0, 0.05) is 12.4 Å². The maximum absolute atomic E-state index is 12.5. The van der Waals surface area contributed by atoms with Gasteiger partial charge in [0.25, 0.3) is 0 Å². The molecule has 1 aromatic heterocycles. The zero-order valence-electron chi connectivity index (χ0n) is 11.8. The minimum atomic E-state index is -1.00. The quantitative estimate of drug-likeness (QED) is 0.776. The van der Waals surface area contributed by atoms with Crippen molar-refractivity contribution in [2.75, 3.05) is 7.11 Å². The van der Waals surface area contributed by atoms with Crippen molar-refractivity contribution in [1.82, 2.24) is 15.3 Å². The molecule has 0 bridgehead atoms. The molecule has 1 amide bonds. The highest BCUT2D eigenvalue weighted by Crippen LogP contribution is 2.39. The lowest BCUT2D eigenvalue weighted by Crippen LogP contribution is -2.49. The van der Waals surface area contributed by atoms with Crippen LogP contribution in [0.3, 0.4) is 0 Å². The molecule has 110 valence electrons. The van der Waals surface area contributed by atoms with Crippen LogP contribution in [0.5, 0.6) is 5.75 Å². The van der Waals surface area contributed by atoms with Gasteiger partial charge in [-0.25, -0.2) is 4.98 Å². The third-order valence-corrected chi connectivity index (χ3v) is 3.98. The number of aromatic nitrogens is 2. The van der Waals surface area contributed by atoms with Gasteiger partial charge in [0.2, 0.25) is 5.91 Å². The number of nitrogens with one attached hydrogen (secondary N) is 2. The summed E-state index contributed by atoms with van der Waals surface area (Å²) in [7, 11) is 1.63. The van der Waals surface area contributed by atoms with Crippen molar-refractivity contribution in [3.8, 4) is 5.75 Å². The number of H-pyrrole nitrogens is 1. The van der Waals surface area contributed by atoms with E-state index in [1.165, 1.54) is 0 Å². The molecule has 3 rings (SSSR count). The molecule has 2 aromatic rings. The number of methoxy groups -OCH3 is 1. The first-order valence-electron chi connectivity index (χ1n) is 6.87. The van der Waals surface area contributed by atoms with Crippen LogP contribution in [0.15, 0.2) is 30.6 Å². The lowest BCUT2D eigenvalue weighted by atomic mass is 9.92. The number of aromatic amines is 1. The van der Waals surface area contributed by atoms with Crippen LogP contribution >= 0.6 is 0 Å². The van der Waals surface area contributed by atoms with Crippen LogP contribution in [-0.4, -0.2) is 23.0 Å². The number of nitrogens with zero attached hydrogens (tertiary/aromatic N) is 1. The fraction of sp³-hybridized carbons (Fsp3) is 0.333. The van der Waals surface area contributed by atoms with E-state index in [9.17, 15) is 4.79 Å². The second-order valence-corrected chi connectivity index (χ2v) is 5.18. The molecule has 0 aliphatic heterocycles. The summed E-state index contributed by atoms with van der Waals surface area (Å²) in [4.78, 5) is 19.5. The third kappa shape index (κ3) is 2.27. The Bertz CT molecular complexity index is 654. The maximum atomic E-state index is 12.5. The zero-order valence-corrected chi connectivity index (χ0v) is 11.8. The predicted octanol–water partition coefficient (Wildman–Crippen LogP) is 0.835. The van der Waals surface area contributed by atoms with Gasteiger partial charge in [0.05, 0.1) is 13.7 Å². The predicted molar refractivity (Wildman–Crippen MR) is 77.6 cm³/mol. The summed E-state index contributed by atoms with van der Waals surface area (Å²) in [6.45, 7) is 0.337. The summed E-state index contributed by atoms with van der Waals surface area (Å²) >= 11 is 0. The smallest absolute Gasteiger partial charge is 0.245 e. The lowest BCUT2D eigenvalue weighted by molar-refractivity contribution is -0.126. The Morgan fingerprint density at radius 2 is 2.43 bits per heavy atom. The van der Waals surface area contributed by atoms with Crippen molar-refractivity contribution in [1.29, 1.82) is 0 Å². The molecule has 1 aromatic carbocycles. The molecule has 0 spiro atoms. The number of hydrogen-bond donors (Lipinski definition) is 3. The molecule has 0 fully saturated rings. The van der Waals surface area contributed by atoms with Gasteiger partial charge in [-0.1, -0.05) is 12.1 Å². The Balaban J connectivity index is 1.81. The standard InChI is InChI=1S/C15H18N4O2/c1-21-12-4-2-3-11-10(12)5-6-15(11,16)14(20)19-9-13-17-7-8-18-13/h2-4,7-8H,5-6,9,16H2,1H3,(H,17,18)(H,19,20). The number of rotatable bonds is 4. The highest BCUT2D eigenvalue weighted by atomic mass is 16.5. The maximum Gasteiger partial charge on any atom is 0.245 e. The molecule has 1 unspecified atom stereocenters. The number of carbonyl (C=O) groups is 1. The lowest BCUT2D eigenvalue weighted by Gasteiger charge is -2.24. The summed E-state index contributed by atoms with van der Waals surface area (Å²) in [5.74, 6) is 1.31. The van der Waals surface area contributed by atoms with Crippen molar-refractivity contribution >= 4 is 5.91 Å². The summed E-state index contributed by atoms with van der Waals surface area (Å²) in [5, 5.41) is 2.85. The number of benzene rings is 1. The second-order valence-electron chi connectivity index (χ2n) is 5.18. The Labute approximate surface area is 122 Å². The van der Waals surface area contributed by atoms with Crippen LogP contribution in [0.25, 0.3) is 0 Å². The Morgan fingerprint density at radius 3 is 3.14 bits per heavy atom. The number of imidazole rings is 1. The number of carbonyl (C=O) groups excluding carboxylic acids is 1. The molecular formula is C15H18N4O2. The number of nitrogens with two attached hydrogens (primary N) is 1. The number of fused-ring (bicyclic) bond motifs is 1. The van der Waals surface area contributed by atoms with Crippen LogP contribution in [0, 0.1) is 0 Å². The Hall–Kier alpha value is -2.34. The van der Waals surface area contributed by atoms with Crippen molar-refractivity contribution in [3.05, 3.63) is 47.5 Å². The first-order chi connectivity index (χ1) is 10.1. The highest BCUT2D eigenvalue weighted by Gasteiger charge is 2.42. The van der Waals surface area contributed by atoms with E-state index < -0.39 is 5.54 Å². The molecule has 6 heteroatoms. The largest absolute Gasteiger partial charge is 0.496 e. The van der Waals surface area contributed by atoms with Gasteiger partial charge >= 0.3 is 0 Å². The molecular weight excluding hydrogens is 268 g/mol. The summed E-state index contributed by atoms with van der Waals surface area (Å²) < 4.78 is 5.35. The summed E-state index contributed by atoms with van der Waals surface area (Å²) in [6.07, 6.45) is 4.68. The number of ether oxygens (including phenoxy) is 1. The van der Waals surface area contributed by atoms with Crippen molar-refractivity contribution in [2.45, 2.75) is 24.9 Å². The molecule has 21 heavy (non-hydrogen) atoms. The van der Waals surface area contributed by atoms with Gasteiger partial charge < -0.3 is 20.8 Å². The molecule has 1 heterocycles. The van der Waals surface area contributed by atoms with Gasteiger partial charge in [-0.15, -0.1) is 0 Å². The van der Waals surface area contributed by atoms with Gasteiger partial charge in [-0.2, -0.15) is 0 Å². The van der Waals surface area contributed by atoms with Gasteiger partial charge in [-0.3, -0.25) is 4.79 Å². The van der Waals surface area contributed by atoms with Crippen molar-refractivity contribution in [3.63, 3.8) is 0 Å². The average molecular weight is 286 g/mol. The van der Waals surface area contributed by atoms with Crippen LogP contribution in [-0.2, 0) is 23.3 Å². The molecule has 6 nitrogen and oxygen atoms in total. The van der Waals surface area contributed by atoms with E-state index in [2.05, 4.69) is 15.3 Å². The number of hydrogen-bond acceptors (Lipinski definition) is 4. The van der Waals surface area contributed by atoms with Crippen molar-refractivity contribution < 1.29 is 9.53 Å². The molecule has 0 radical (unpaired) electrons. The minimum Gasteiger partial charge on any atom is -0.496 e. The Morgan fingerprint density at radius 1 is 1.57 bits per heavy atom. The molecule has 0 saturated carbocycles.